The van der Waals surface area contributed by atoms with Crippen LogP contribution in [-0.4, -0.2) is 4.98 Å². The van der Waals surface area contributed by atoms with E-state index in [1.54, 1.807) is 18.3 Å². The van der Waals surface area contributed by atoms with Crippen molar-refractivity contribution in [2.24, 2.45) is 0 Å². The minimum Gasteiger partial charge on any atom is -0.455 e. The van der Waals surface area contributed by atoms with Gasteiger partial charge in [-0.1, -0.05) is 40.2 Å². The number of ether oxygens (including phenoxy) is 1. The van der Waals surface area contributed by atoms with E-state index < -0.39 is 0 Å². The van der Waals surface area contributed by atoms with E-state index in [2.05, 4.69) is 20.9 Å². The molecule has 1 heterocycles. The first-order valence-corrected chi connectivity index (χ1v) is 7.26. The molecule has 0 atom stereocenters. The Morgan fingerprint density at radius 3 is 2.80 bits per heavy atom. The molecule has 1 aromatic heterocycles. The van der Waals surface area contributed by atoms with Gasteiger partial charge in [0.15, 0.2) is 0 Å². The van der Waals surface area contributed by atoms with E-state index in [1.165, 1.54) is 6.07 Å². The summed E-state index contributed by atoms with van der Waals surface area (Å²) in [5.74, 6) is 0.809. The van der Waals surface area contributed by atoms with Crippen molar-refractivity contribution in [1.82, 2.24) is 4.98 Å². The predicted molar refractivity (Wildman–Crippen MR) is 80.8 cm³/mol. The van der Waals surface area contributed by atoms with Gasteiger partial charge in [0.25, 0.3) is 0 Å². The average Bonchev–Trinajstić information content (AvgIpc) is 2.47. The highest BCUT2D eigenvalue weighted by atomic mass is 79.9. The summed E-state index contributed by atoms with van der Waals surface area (Å²) in [6.45, 7) is 0. The molecule has 0 bridgehead atoms. The first kappa shape index (κ1) is 13.1. The zero-order valence-electron chi connectivity index (χ0n) is 10.5. The van der Waals surface area contributed by atoms with Crippen LogP contribution in [-0.2, 0) is 5.33 Å². The molecule has 0 N–H and O–H groups in total. The van der Waals surface area contributed by atoms with Gasteiger partial charge in [-0.25, -0.2) is 4.39 Å². The maximum atomic E-state index is 13.7. The van der Waals surface area contributed by atoms with Crippen LogP contribution in [0.3, 0.4) is 0 Å². The number of alkyl halides is 1. The summed E-state index contributed by atoms with van der Waals surface area (Å²) in [5.41, 5.74) is 1.40. The lowest BCUT2D eigenvalue weighted by atomic mass is 10.2. The van der Waals surface area contributed by atoms with Crippen LogP contribution in [0, 0.1) is 5.82 Å². The predicted octanol–water partition coefficient (Wildman–Crippen LogP) is 5.06. The molecule has 0 aliphatic rings. The SMILES string of the molecule is Fc1cccc(Oc2cnc3ccccc3c2)c1CBr. The molecule has 2 aromatic carbocycles. The highest BCUT2D eigenvalue weighted by Crippen LogP contribution is 2.29. The van der Waals surface area contributed by atoms with Crippen LogP contribution in [0.5, 0.6) is 11.5 Å². The van der Waals surface area contributed by atoms with Crippen molar-refractivity contribution in [3.05, 3.63) is 66.1 Å². The summed E-state index contributed by atoms with van der Waals surface area (Å²) in [6.07, 6.45) is 1.64. The Morgan fingerprint density at radius 2 is 1.95 bits per heavy atom. The summed E-state index contributed by atoms with van der Waals surface area (Å²) in [7, 11) is 0. The normalized spacial score (nSPS) is 10.7. The molecule has 0 saturated carbocycles. The number of halogens is 2. The average molecular weight is 332 g/mol. The molecule has 2 nitrogen and oxygen atoms in total. The zero-order chi connectivity index (χ0) is 13.9. The molecular formula is C16H11BrFNO. The van der Waals surface area contributed by atoms with Crippen LogP contribution in [0.1, 0.15) is 5.56 Å². The van der Waals surface area contributed by atoms with Gasteiger partial charge in [0.1, 0.15) is 17.3 Å². The van der Waals surface area contributed by atoms with Crippen LogP contribution < -0.4 is 4.74 Å². The standard InChI is InChI=1S/C16H11BrFNO/c17-9-13-14(18)5-3-7-16(13)20-12-8-11-4-1-2-6-15(11)19-10-12/h1-8,10H,9H2. The van der Waals surface area contributed by atoms with Gasteiger partial charge in [0, 0.05) is 16.3 Å². The van der Waals surface area contributed by atoms with E-state index >= 15 is 0 Å². The quantitative estimate of drug-likeness (QED) is 0.626. The zero-order valence-corrected chi connectivity index (χ0v) is 12.1. The molecule has 0 unspecified atom stereocenters. The number of nitrogens with zero attached hydrogens (tertiary/aromatic N) is 1. The number of aromatic nitrogens is 1. The maximum Gasteiger partial charge on any atom is 0.146 e. The molecule has 0 fully saturated rings. The Bertz CT molecular complexity index is 760. The molecule has 3 aromatic rings. The lowest BCUT2D eigenvalue weighted by Gasteiger charge is -2.10. The number of fused-ring (bicyclic) bond motifs is 1. The molecule has 0 spiro atoms. The Hall–Kier alpha value is -1.94. The second kappa shape index (κ2) is 5.59. The Morgan fingerprint density at radius 1 is 1.10 bits per heavy atom. The molecule has 0 saturated heterocycles. The smallest absolute Gasteiger partial charge is 0.146 e. The second-order valence-electron chi connectivity index (χ2n) is 4.32. The van der Waals surface area contributed by atoms with Gasteiger partial charge in [-0.05, 0) is 24.3 Å². The summed E-state index contributed by atoms with van der Waals surface area (Å²) in [5, 5.41) is 1.39. The van der Waals surface area contributed by atoms with Crippen molar-refractivity contribution in [1.29, 1.82) is 0 Å². The number of rotatable bonds is 3. The van der Waals surface area contributed by atoms with Gasteiger partial charge >= 0.3 is 0 Å². The van der Waals surface area contributed by atoms with E-state index in [1.807, 2.05) is 30.3 Å². The molecule has 0 aliphatic carbocycles. The number of para-hydroxylation sites is 1. The molecule has 3 rings (SSSR count). The Kier molecular flexibility index (Phi) is 3.65. The van der Waals surface area contributed by atoms with Crippen LogP contribution in [0.25, 0.3) is 10.9 Å². The summed E-state index contributed by atoms with van der Waals surface area (Å²) < 4.78 is 19.4. The topological polar surface area (TPSA) is 22.1 Å². The fourth-order valence-corrected chi connectivity index (χ4v) is 2.54. The van der Waals surface area contributed by atoms with E-state index in [0.717, 1.165) is 10.9 Å². The van der Waals surface area contributed by atoms with Crippen LogP contribution in [0.2, 0.25) is 0 Å². The summed E-state index contributed by atoms with van der Waals surface area (Å²) in [6, 6.07) is 14.5. The molecule has 20 heavy (non-hydrogen) atoms. The van der Waals surface area contributed by atoms with Crippen molar-refractivity contribution >= 4 is 26.8 Å². The van der Waals surface area contributed by atoms with Gasteiger partial charge in [-0.15, -0.1) is 0 Å². The summed E-state index contributed by atoms with van der Waals surface area (Å²) >= 11 is 3.28. The first-order chi connectivity index (χ1) is 9.78. The molecule has 0 amide bonds. The highest BCUT2D eigenvalue weighted by Gasteiger charge is 2.09. The molecule has 100 valence electrons. The fraction of sp³-hybridized carbons (Fsp3) is 0.0625. The van der Waals surface area contributed by atoms with E-state index in [9.17, 15) is 4.39 Å². The van der Waals surface area contributed by atoms with Gasteiger partial charge in [-0.2, -0.15) is 0 Å². The van der Waals surface area contributed by atoms with Crippen molar-refractivity contribution in [3.63, 3.8) is 0 Å². The number of hydrogen-bond donors (Lipinski definition) is 0. The van der Waals surface area contributed by atoms with Crippen molar-refractivity contribution < 1.29 is 9.13 Å². The first-order valence-electron chi connectivity index (χ1n) is 6.14. The van der Waals surface area contributed by atoms with Gasteiger partial charge in [0.05, 0.1) is 11.7 Å². The van der Waals surface area contributed by atoms with Crippen LogP contribution in [0.4, 0.5) is 4.39 Å². The minimum atomic E-state index is -0.284. The maximum absolute atomic E-state index is 13.7. The van der Waals surface area contributed by atoms with Crippen molar-refractivity contribution in [3.8, 4) is 11.5 Å². The molecule has 0 aliphatic heterocycles. The fourth-order valence-electron chi connectivity index (χ4n) is 2.00. The second-order valence-corrected chi connectivity index (χ2v) is 4.88. The minimum absolute atomic E-state index is 0.284. The van der Waals surface area contributed by atoms with Crippen molar-refractivity contribution in [2.75, 3.05) is 0 Å². The van der Waals surface area contributed by atoms with E-state index in [-0.39, 0.29) is 5.82 Å². The van der Waals surface area contributed by atoms with E-state index in [4.69, 9.17) is 4.74 Å². The molecule has 4 heteroatoms. The van der Waals surface area contributed by atoms with Crippen LogP contribution >= 0.6 is 15.9 Å². The van der Waals surface area contributed by atoms with Gasteiger partial charge in [-0.3, -0.25) is 4.98 Å². The highest BCUT2D eigenvalue weighted by molar-refractivity contribution is 9.08. The number of benzene rings is 2. The molecule has 0 radical (unpaired) electrons. The Balaban J connectivity index is 1.99. The summed E-state index contributed by atoms with van der Waals surface area (Å²) in [4.78, 5) is 4.32. The van der Waals surface area contributed by atoms with Crippen LogP contribution in [0.15, 0.2) is 54.7 Å². The van der Waals surface area contributed by atoms with Gasteiger partial charge < -0.3 is 4.74 Å². The monoisotopic (exact) mass is 331 g/mol. The number of hydrogen-bond acceptors (Lipinski definition) is 2. The third-order valence-corrected chi connectivity index (χ3v) is 3.56. The van der Waals surface area contributed by atoms with Crippen molar-refractivity contribution in [2.45, 2.75) is 5.33 Å². The molecular weight excluding hydrogens is 321 g/mol. The largest absolute Gasteiger partial charge is 0.455 e. The van der Waals surface area contributed by atoms with E-state index in [0.29, 0.717) is 22.4 Å². The lowest BCUT2D eigenvalue weighted by Crippen LogP contribution is -1.93. The Labute approximate surface area is 124 Å². The van der Waals surface area contributed by atoms with Gasteiger partial charge in [0.2, 0.25) is 0 Å². The third-order valence-electron chi connectivity index (χ3n) is 3.00. The lowest BCUT2D eigenvalue weighted by molar-refractivity contribution is 0.469. The third kappa shape index (κ3) is 2.51. The number of pyridine rings is 1.